The molecule has 0 amide bonds. The van der Waals surface area contributed by atoms with Gasteiger partial charge in [0, 0.05) is 19.6 Å². The van der Waals surface area contributed by atoms with Crippen molar-refractivity contribution in [3.05, 3.63) is 34.9 Å². The zero-order valence-electron chi connectivity index (χ0n) is 11.4. The van der Waals surface area contributed by atoms with E-state index in [0.29, 0.717) is 0 Å². The van der Waals surface area contributed by atoms with Gasteiger partial charge < -0.3 is 10.2 Å². The molecule has 0 spiro atoms. The largest absolute Gasteiger partial charge is 0.312 e. The molecule has 0 unspecified atom stereocenters. The number of nitrogens with zero attached hydrogens (tertiary/aromatic N) is 1. The Labute approximate surface area is 110 Å². The minimum absolute atomic E-state index is 0.967. The van der Waals surface area contributed by atoms with Crippen LogP contribution in [-0.4, -0.2) is 25.0 Å². The van der Waals surface area contributed by atoms with Crippen molar-refractivity contribution in [3.63, 3.8) is 0 Å². The summed E-state index contributed by atoms with van der Waals surface area (Å²) < 4.78 is 0. The normalized spacial score (nSPS) is 19.7. The highest BCUT2D eigenvalue weighted by atomic mass is 15.1. The molecule has 0 atom stereocenters. The summed E-state index contributed by atoms with van der Waals surface area (Å²) >= 11 is 0. The summed E-state index contributed by atoms with van der Waals surface area (Å²) in [6.07, 6.45) is 5.52. The SMILES string of the molecule is CN(Cc1ccc2c(c1)CNCC2)CC1CCC1. The van der Waals surface area contributed by atoms with Crippen LogP contribution in [0.15, 0.2) is 18.2 Å². The Kier molecular flexibility index (Phi) is 3.67. The van der Waals surface area contributed by atoms with Crippen LogP contribution in [-0.2, 0) is 19.5 Å². The lowest BCUT2D eigenvalue weighted by Gasteiger charge is -2.30. The van der Waals surface area contributed by atoms with E-state index in [2.05, 4.69) is 35.5 Å². The molecule has 1 saturated carbocycles. The Morgan fingerprint density at radius 2 is 2.17 bits per heavy atom. The minimum Gasteiger partial charge on any atom is -0.312 e. The van der Waals surface area contributed by atoms with E-state index in [1.807, 2.05) is 0 Å². The van der Waals surface area contributed by atoms with Crippen molar-refractivity contribution >= 4 is 0 Å². The number of hydrogen-bond donors (Lipinski definition) is 1. The second-order valence-corrected chi connectivity index (χ2v) is 6.02. The summed E-state index contributed by atoms with van der Waals surface area (Å²) in [4.78, 5) is 2.49. The lowest BCUT2D eigenvalue weighted by atomic mass is 9.85. The van der Waals surface area contributed by atoms with Crippen molar-refractivity contribution < 1.29 is 0 Å². The zero-order valence-corrected chi connectivity index (χ0v) is 11.4. The third-order valence-corrected chi connectivity index (χ3v) is 4.40. The van der Waals surface area contributed by atoms with Crippen molar-refractivity contribution in [2.24, 2.45) is 5.92 Å². The number of nitrogens with one attached hydrogen (secondary N) is 1. The van der Waals surface area contributed by atoms with Crippen molar-refractivity contribution in [2.75, 3.05) is 20.1 Å². The summed E-state index contributed by atoms with van der Waals surface area (Å²) in [5.41, 5.74) is 4.52. The number of benzene rings is 1. The number of hydrogen-bond acceptors (Lipinski definition) is 2. The third-order valence-electron chi connectivity index (χ3n) is 4.40. The van der Waals surface area contributed by atoms with Crippen molar-refractivity contribution in [1.29, 1.82) is 0 Å². The molecular formula is C16H24N2. The third kappa shape index (κ3) is 2.76. The van der Waals surface area contributed by atoms with Gasteiger partial charge in [0.05, 0.1) is 0 Å². The quantitative estimate of drug-likeness (QED) is 0.875. The van der Waals surface area contributed by atoms with E-state index in [1.54, 1.807) is 5.56 Å². The maximum absolute atomic E-state index is 3.46. The molecule has 1 aliphatic heterocycles. The maximum atomic E-state index is 3.46. The van der Waals surface area contributed by atoms with Crippen LogP contribution < -0.4 is 5.32 Å². The molecule has 1 fully saturated rings. The average Bonchev–Trinajstić information content (AvgIpc) is 2.34. The summed E-state index contributed by atoms with van der Waals surface area (Å²) in [5, 5.41) is 3.46. The first-order valence-corrected chi connectivity index (χ1v) is 7.31. The second kappa shape index (κ2) is 5.41. The molecular weight excluding hydrogens is 220 g/mol. The summed E-state index contributed by atoms with van der Waals surface area (Å²) in [6, 6.07) is 7.06. The zero-order chi connectivity index (χ0) is 12.4. The fourth-order valence-corrected chi connectivity index (χ4v) is 3.12. The topological polar surface area (TPSA) is 15.3 Å². The molecule has 1 N–H and O–H groups in total. The highest BCUT2D eigenvalue weighted by Crippen LogP contribution is 2.27. The van der Waals surface area contributed by atoms with Crippen LogP contribution in [0, 0.1) is 5.92 Å². The van der Waals surface area contributed by atoms with Gasteiger partial charge in [0.15, 0.2) is 0 Å². The molecule has 0 aromatic heterocycles. The van der Waals surface area contributed by atoms with Crippen molar-refractivity contribution in [3.8, 4) is 0 Å². The Morgan fingerprint density at radius 1 is 1.28 bits per heavy atom. The summed E-state index contributed by atoms with van der Waals surface area (Å²) in [5.74, 6) is 0.967. The predicted molar refractivity (Wildman–Crippen MR) is 75.5 cm³/mol. The Bertz CT molecular complexity index is 410. The van der Waals surface area contributed by atoms with Gasteiger partial charge >= 0.3 is 0 Å². The lowest BCUT2D eigenvalue weighted by molar-refractivity contribution is 0.200. The van der Waals surface area contributed by atoms with Crippen LogP contribution >= 0.6 is 0 Å². The predicted octanol–water partition coefficient (Wildman–Crippen LogP) is 2.56. The van der Waals surface area contributed by atoms with Crippen LogP contribution in [0.3, 0.4) is 0 Å². The first kappa shape index (κ1) is 12.2. The molecule has 98 valence electrons. The molecule has 2 nitrogen and oxygen atoms in total. The standard InChI is InChI=1S/C16H24N2/c1-18(11-13-3-2-4-13)12-14-5-6-15-7-8-17-10-16(15)9-14/h5-6,9,13,17H,2-4,7-8,10-12H2,1H3. The van der Waals surface area contributed by atoms with Gasteiger partial charge in [-0.3, -0.25) is 0 Å². The molecule has 0 bridgehead atoms. The molecule has 0 saturated heterocycles. The van der Waals surface area contributed by atoms with E-state index in [0.717, 1.165) is 25.6 Å². The van der Waals surface area contributed by atoms with Gasteiger partial charge in [0.1, 0.15) is 0 Å². The molecule has 2 heteroatoms. The number of rotatable bonds is 4. The van der Waals surface area contributed by atoms with Crippen LogP contribution in [0.25, 0.3) is 0 Å². The van der Waals surface area contributed by atoms with Crippen LogP contribution in [0.4, 0.5) is 0 Å². The van der Waals surface area contributed by atoms with Crippen LogP contribution in [0.5, 0.6) is 0 Å². The average molecular weight is 244 g/mol. The first-order chi connectivity index (χ1) is 8.81. The van der Waals surface area contributed by atoms with Gasteiger partial charge in [-0.25, -0.2) is 0 Å². The second-order valence-electron chi connectivity index (χ2n) is 6.02. The smallest absolute Gasteiger partial charge is 0.0230 e. The van der Waals surface area contributed by atoms with E-state index in [4.69, 9.17) is 0 Å². The van der Waals surface area contributed by atoms with Gasteiger partial charge in [-0.15, -0.1) is 0 Å². The Hall–Kier alpha value is -0.860. The van der Waals surface area contributed by atoms with Gasteiger partial charge in [0.25, 0.3) is 0 Å². The molecule has 2 aliphatic rings. The maximum Gasteiger partial charge on any atom is 0.0230 e. The molecule has 1 aromatic carbocycles. The fourth-order valence-electron chi connectivity index (χ4n) is 3.12. The Balaban J connectivity index is 1.61. The van der Waals surface area contributed by atoms with Crippen molar-refractivity contribution in [1.82, 2.24) is 10.2 Å². The van der Waals surface area contributed by atoms with Crippen LogP contribution in [0.1, 0.15) is 36.0 Å². The van der Waals surface area contributed by atoms with Crippen LogP contribution in [0.2, 0.25) is 0 Å². The van der Waals surface area contributed by atoms with Gasteiger partial charge in [0.2, 0.25) is 0 Å². The summed E-state index contributed by atoms with van der Waals surface area (Å²) in [6.45, 7) is 4.56. The minimum atomic E-state index is 0.967. The van der Waals surface area contributed by atoms with Crippen molar-refractivity contribution in [2.45, 2.75) is 38.8 Å². The molecule has 18 heavy (non-hydrogen) atoms. The number of fused-ring (bicyclic) bond motifs is 1. The fraction of sp³-hybridized carbons (Fsp3) is 0.625. The molecule has 0 radical (unpaired) electrons. The van der Waals surface area contributed by atoms with E-state index in [-0.39, 0.29) is 0 Å². The molecule has 1 heterocycles. The van der Waals surface area contributed by atoms with Gasteiger partial charge in [-0.1, -0.05) is 24.6 Å². The lowest BCUT2D eigenvalue weighted by Crippen LogP contribution is -2.29. The first-order valence-electron chi connectivity index (χ1n) is 7.31. The molecule has 1 aliphatic carbocycles. The summed E-state index contributed by atoms with van der Waals surface area (Å²) in [7, 11) is 2.26. The van der Waals surface area contributed by atoms with E-state index < -0.39 is 0 Å². The van der Waals surface area contributed by atoms with E-state index >= 15 is 0 Å². The molecule has 3 rings (SSSR count). The van der Waals surface area contributed by atoms with E-state index in [9.17, 15) is 0 Å². The Morgan fingerprint density at radius 3 is 2.94 bits per heavy atom. The highest BCUT2D eigenvalue weighted by molar-refractivity contribution is 5.33. The van der Waals surface area contributed by atoms with E-state index in [1.165, 1.54) is 43.4 Å². The van der Waals surface area contributed by atoms with Gasteiger partial charge in [-0.2, -0.15) is 0 Å². The monoisotopic (exact) mass is 244 g/mol. The molecule has 1 aromatic rings. The highest BCUT2D eigenvalue weighted by Gasteiger charge is 2.19. The van der Waals surface area contributed by atoms with Gasteiger partial charge in [-0.05, 0) is 55.5 Å².